The van der Waals surface area contributed by atoms with Crippen molar-refractivity contribution in [1.29, 1.82) is 0 Å². The van der Waals surface area contributed by atoms with Gasteiger partial charge in [0.05, 0.1) is 0 Å². The predicted octanol–water partition coefficient (Wildman–Crippen LogP) is 3.00. The van der Waals surface area contributed by atoms with Gasteiger partial charge < -0.3 is 5.11 Å². The van der Waals surface area contributed by atoms with Crippen LogP contribution >= 0.6 is 11.6 Å². The third-order valence-corrected chi connectivity index (χ3v) is 3.06. The molecule has 84 valence electrons. The highest BCUT2D eigenvalue weighted by molar-refractivity contribution is 6.30. The minimum absolute atomic E-state index is 0.00339. The maximum atomic E-state index is 11.7. The van der Waals surface area contributed by atoms with Crippen molar-refractivity contribution in [3.8, 4) is 0 Å². The molecule has 1 aromatic heterocycles. The summed E-state index contributed by atoms with van der Waals surface area (Å²) in [5.41, 5.74) is 0.840. The number of halogens is 1. The van der Waals surface area contributed by atoms with Gasteiger partial charge in [-0.3, -0.25) is 9.78 Å². The molecule has 1 saturated carbocycles. The highest BCUT2D eigenvalue weighted by Crippen LogP contribution is 2.31. The zero-order valence-electron chi connectivity index (χ0n) is 8.90. The van der Waals surface area contributed by atoms with E-state index in [0.717, 1.165) is 6.42 Å². The molecule has 2 rings (SSSR count). The van der Waals surface area contributed by atoms with Crippen LogP contribution in [-0.4, -0.2) is 15.9 Å². The van der Waals surface area contributed by atoms with E-state index in [9.17, 15) is 9.90 Å². The van der Waals surface area contributed by atoms with Crippen molar-refractivity contribution in [3.63, 3.8) is 0 Å². The number of hydrogen-bond donors (Lipinski definition) is 1. The maximum Gasteiger partial charge on any atom is 0.165 e. The lowest BCUT2D eigenvalue weighted by atomic mass is 10.1. The lowest BCUT2D eigenvalue weighted by Crippen LogP contribution is -2.05. The molecule has 3 nitrogen and oxygen atoms in total. The average Bonchev–Trinajstić information content (AvgIpc) is 2.59. The van der Waals surface area contributed by atoms with Crippen LogP contribution < -0.4 is 0 Å². The average molecular weight is 238 g/mol. The highest BCUT2D eigenvalue weighted by Gasteiger charge is 2.29. The zero-order valence-corrected chi connectivity index (χ0v) is 9.66. The van der Waals surface area contributed by atoms with E-state index in [1.807, 2.05) is 6.92 Å². The Morgan fingerprint density at radius 3 is 2.94 bits per heavy atom. The first-order valence-corrected chi connectivity index (χ1v) is 5.55. The van der Waals surface area contributed by atoms with E-state index in [0.29, 0.717) is 22.7 Å². The summed E-state index contributed by atoms with van der Waals surface area (Å²) < 4.78 is 0. The Labute approximate surface area is 98.8 Å². The van der Waals surface area contributed by atoms with Gasteiger partial charge in [0, 0.05) is 22.7 Å². The second-order valence-electron chi connectivity index (χ2n) is 3.99. The number of rotatable bonds is 1. The van der Waals surface area contributed by atoms with Gasteiger partial charge in [0.25, 0.3) is 0 Å². The Kier molecular flexibility index (Phi) is 2.97. The van der Waals surface area contributed by atoms with Gasteiger partial charge in [-0.2, -0.15) is 0 Å². The number of pyridine rings is 1. The molecule has 1 unspecified atom stereocenters. The Morgan fingerprint density at radius 2 is 2.38 bits per heavy atom. The Hall–Kier alpha value is -1.35. The number of carbonyl (C=O) groups excluding carboxylic acids is 1. The second kappa shape index (κ2) is 4.26. The van der Waals surface area contributed by atoms with Crippen molar-refractivity contribution in [1.82, 2.24) is 4.98 Å². The standard InChI is InChI=1S/C12H12ClNO2/c1-7-2-3-9(11(7)15)12(16)10-6-8(13)4-5-14-10/h4-7,16H,2-3H2,1H3/b12-9-. The SMILES string of the molecule is CC1CC/C(=C(/O)c2cc(Cl)ccn2)C1=O. The van der Waals surface area contributed by atoms with Crippen molar-refractivity contribution in [3.05, 3.63) is 34.6 Å². The molecule has 1 aliphatic carbocycles. The van der Waals surface area contributed by atoms with Crippen LogP contribution in [0.15, 0.2) is 23.9 Å². The Balaban J connectivity index is 2.41. The largest absolute Gasteiger partial charge is 0.505 e. The number of hydrogen-bond acceptors (Lipinski definition) is 3. The van der Waals surface area contributed by atoms with Gasteiger partial charge in [0.15, 0.2) is 5.78 Å². The molecule has 1 heterocycles. The molecule has 16 heavy (non-hydrogen) atoms. The first kappa shape index (κ1) is 11.1. The van der Waals surface area contributed by atoms with E-state index in [2.05, 4.69) is 4.98 Å². The van der Waals surface area contributed by atoms with Gasteiger partial charge in [0.2, 0.25) is 0 Å². The molecule has 0 amide bonds. The van der Waals surface area contributed by atoms with Gasteiger partial charge in [-0.05, 0) is 25.0 Å². The fourth-order valence-corrected chi connectivity index (χ4v) is 2.00. The van der Waals surface area contributed by atoms with Gasteiger partial charge >= 0.3 is 0 Å². The molecule has 0 saturated heterocycles. The molecule has 1 fully saturated rings. The fraction of sp³-hybridized carbons (Fsp3) is 0.333. The van der Waals surface area contributed by atoms with Crippen LogP contribution in [0.2, 0.25) is 5.02 Å². The maximum absolute atomic E-state index is 11.7. The molecular weight excluding hydrogens is 226 g/mol. The molecule has 1 atom stereocenters. The van der Waals surface area contributed by atoms with Gasteiger partial charge in [-0.1, -0.05) is 18.5 Å². The summed E-state index contributed by atoms with van der Waals surface area (Å²) in [5.74, 6) is -0.0209. The van der Waals surface area contributed by atoms with Crippen molar-refractivity contribution in [2.75, 3.05) is 0 Å². The van der Waals surface area contributed by atoms with Crippen molar-refractivity contribution in [2.45, 2.75) is 19.8 Å². The molecule has 0 spiro atoms. The molecule has 0 aliphatic heterocycles. The summed E-state index contributed by atoms with van der Waals surface area (Å²) in [7, 11) is 0. The number of aromatic nitrogens is 1. The number of nitrogens with zero attached hydrogens (tertiary/aromatic N) is 1. The number of Topliss-reactive ketones (excluding diaryl/α,β-unsaturated/α-hetero) is 1. The smallest absolute Gasteiger partial charge is 0.165 e. The minimum Gasteiger partial charge on any atom is -0.505 e. The summed E-state index contributed by atoms with van der Waals surface area (Å²) in [6, 6.07) is 3.18. The third-order valence-electron chi connectivity index (χ3n) is 2.82. The molecule has 0 aromatic carbocycles. The predicted molar refractivity (Wildman–Crippen MR) is 62.2 cm³/mol. The van der Waals surface area contributed by atoms with E-state index in [-0.39, 0.29) is 17.5 Å². The van der Waals surface area contributed by atoms with E-state index in [4.69, 9.17) is 11.6 Å². The summed E-state index contributed by atoms with van der Waals surface area (Å²) in [6.07, 6.45) is 2.91. The third kappa shape index (κ3) is 1.95. The molecule has 0 radical (unpaired) electrons. The molecule has 1 aliphatic rings. The number of allylic oxidation sites excluding steroid dienone is 1. The Bertz CT molecular complexity index is 468. The van der Waals surface area contributed by atoms with Crippen LogP contribution in [0.3, 0.4) is 0 Å². The quantitative estimate of drug-likeness (QED) is 0.603. The van der Waals surface area contributed by atoms with Crippen LogP contribution in [-0.2, 0) is 4.79 Å². The number of aliphatic hydroxyl groups is 1. The second-order valence-corrected chi connectivity index (χ2v) is 4.43. The van der Waals surface area contributed by atoms with E-state index < -0.39 is 0 Å². The lowest BCUT2D eigenvalue weighted by Gasteiger charge is -2.03. The van der Waals surface area contributed by atoms with Gasteiger partial charge in [-0.25, -0.2) is 0 Å². The van der Waals surface area contributed by atoms with Crippen LogP contribution in [0, 0.1) is 5.92 Å². The topological polar surface area (TPSA) is 50.2 Å². The van der Waals surface area contributed by atoms with Crippen molar-refractivity contribution >= 4 is 23.1 Å². The van der Waals surface area contributed by atoms with Gasteiger partial charge in [-0.15, -0.1) is 0 Å². The Morgan fingerprint density at radius 1 is 1.62 bits per heavy atom. The number of carbonyl (C=O) groups is 1. The molecule has 0 bridgehead atoms. The molecule has 1 N–H and O–H groups in total. The number of aliphatic hydroxyl groups excluding tert-OH is 1. The summed E-state index contributed by atoms with van der Waals surface area (Å²) in [4.78, 5) is 15.7. The fourth-order valence-electron chi connectivity index (χ4n) is 1.84. The normalized spacial score (nSPS) is 23.6. The van der Waals surface area contributed by atoms with Crippen LogP contribution in [0.4, 0.5) is 0 Å². The van der Waals surface area contributed by atoms with Crippen molar-refractivity contribution in [2.24, 2.45) is 5.92 Å². The summed E-state index contributed by atoms with van der Waals surface area (Å²) >= 11 is 5.80. The summed E-state index contributed by atoms with van der Waals surface area (Å²) in [5, 5.41) is 10.5. The van der Waals surface area contributed by atoms with Crippen LogP contribution in [0.5, 0.6) is 0 Å². The number of ketones is 1. The van der Waals surface area contributed by atoms with Crippen LogP contribution in [0.25, 0.3) is 5.76 Å². The van der Waals surface area contributed by atoms with E-state index in [1.165, 1.54) is 6.20 Å². The first-order valence-electron chi connectivity index (χ1n) is 5.18. The van der Waals surface area contributed by atoms with Crippen LogP contribution in [0.1, 0.15) is 25.5 Å². The highest BCUT2D eigenvalue weighted by atomic mass is 35.5. The zero-order chi connectivity index (χ0) is 11.7. The first-order chi connectivity index (χ1) is 7.59. The van der Waals surface area contributed by atoms with E-state index in [1.54, 1.807) is 12.1 Å². The lowest BCUT2D eigenvalue weighted by molar-refractivity contribution is -0.117. The monoisotopic (exact) mass is 237 g/mol. The molecular formula is C12H12ClNO2. The molecule has 1 aromatic rings. The minimum atomic E-state index is -0.0307. The summed E-state index contributed by atoms with van der Waals surface area (Å²) in [6.45, 7) is 1.87. The van der Waals surface area contributed by atoms with E-state index >= 15 is 0 Å². The molecule has 4 heteroatoms. The van der Waals surface area contributed by atoms with Gasteiger partial charge in [0.1, 0.15) is 11.5 Å². The van der Waals surface area contributed by atoms with Crippen molar-refractivity contribution < 1.29 is 9.90 Å².